The molecule has 0 atom stereocenters. The molecule has 17 heavy (non-hydrogen) atoms. The van der Waals surface area contributed by atoms with Gasteiger partial charge in [0.1, 0.15) is 12.9 Å². The predicted molar refractivity (Wildman–Crippen MR) is 58.6 cm³/mol. The first kappa shape index (κ1) is 11.2. The molecule has 7 heteroatoms. The number of tetrazole rings is 1. The van der Waals surface area contributed by atoms with Crippen LogP contribution in [-0.2, 0) is 17.9 Å². The zero-order chi connectivity index (χ0) is 12.1. The molecule has 0 bridgehead atoms. The molecule has 1 N–H and O–H groups in total. The Bertz CT molecular complexity index is 478. The Labute approximate surface area is 97.9 Å². The Morgan fingerprint density at radius 3 is 3.00 bits per heavy atom. The minimum absolute atomic E-state index is 0.117. The molecule has 0 aliphatic rings. The fourth-order valence-electron chi connectivity index (χ4n) is 1.26. The van der Waals surface area contributed by atoms with Crippen LogP contribution in [-0.4, -0.2) is 31.1 Å². The zero-order valence-electron chi connectivity index (χ0n) is 9.37. The van der Waals surface area contributed by atoms with Crippen LogP contribution in [0.5, 0.6) is 0 Å². The quantitative estimate of drug-likeness (QED) is 0.781. The second-order valence-electron chi connectivity index (χ2n) is 3.59. The van der Waals surface area contributed by atoms with E-state index in [9.17, 15) is 4.79 Å². The van der Waals surface area contributed by atoms with Crippen molar-refractivity contribution in [2.45, 2.75) is 20.0 Å². The van der Waals surface area contributed by atoms with Crippen molar-refractivity contribution in [3.63, 3.8) is 0 Å². The standard InChI is InChI=1S/C10H12N6O/c1-8-2-3-9(4-11-8)5-12-10(17)6-16-7-13-14-15-16/h2-4,7H,5-6H2,1H3,(H,12,17). The maximum atomic E-state index is 11.5. The van der Waals surface area contributed by atoms with E-state index in [1.165, 1.54) is 11.0 Å². The van der Waals surface area contributed by atoms with Gasteiger partial charge < -0.3 is 5.32 Å². The molecule has 0 spiro atoms. The van der Waals surface area contributed by atoms with Gasteiger partial charge in [-0.2, -0.15) is 0 Å². The molecule has 2 aromatic rings. The smallest absolute Gasteiger partial charge is 0.242 e. The predicted octanol–water partition coefficient (Wildman–Crippen LogP) is -0.307. The van der Waals surface area contributed by atoms with Gasteiger partial charge >= 0.3 is 0 Å². The molecular formula is C10H12N6O. The Kier molecular flexibility index (Phi) is 3.39. The van der Waals surface area contributed by atoms with Gasteiger partial charge in [0.25, 0.3) is 0 Å². The van der Waals surface area contributed by atoms with Crippen LogP contribution >= 0.6 is 0 Å². The molecule has 0 saturated heterocycles. The summed E-state index contributed by atoms with van der Waals surface area (Å²) in [5, 5.41) is 13.3. The molecule has 2 heterocycles. The number of hydrogen-bond acceptors (Lipinski definition) is 5. The minimum Gasteiger partial charge on any atom is -0.350 e. The Balaban J connectivity index is 1.82. The summed E-state index contributed by atoms with van der Waals surface area (Å²) in [5.41, 5.74) is 1.91. The maximum absolute atomic E-state index is 11.5. The summed E-state index contributed by atoms with van der Waals surface area (Å²) in [6, 6.07) is 3.84. The first-order valence-electron chi connectivity index (χ1n) is 5.13. The molecule has 0 unspecified atom stereocenters. The number of aryl methyl sites for hydroxylation is 1. The highest BCUT2D eigenvalue weighted by molar-refractivity contribution is 5.75. The topological polar surface area (TPSA) is 85.6 Å². The van der Waals surface area contributed by atoms with Gasteiger partial charge in [-0.3, -0.25) is 9.78 Å². The van der Waals surface area contributed by atoms with Crippen LogP contribution in [0.25, 0.3) is 0 Å². The van der Waals surface area contributed by atoms with Crippen molar-refractivity contribution in [3.8, 4) is 0 Å². The van der Waals surface area contributed by atoms with E-state index in [2.05, 4.69) is 25.8 Å². The first-order valence-corrected chi connectivity index (χ1v) is 5.13. The maximum Gasteiger partial charge on any atom is 0.242 e. The van der Waals surface area contributed by atoms with Crippen molar-refractivity contribution < 1.29 is 4.79 Å². The van der Waals surface area contributed by atoms with Crippen LogP contribution in [0, 0.1) is 6.92 Å². The molecule has 88 valence electrons. The van der Waals surface area contributed by atoms with Gasteiger partial charge in [0.15, 0.2) is 0 Å². The summed E-state index contributed by atoms with van der Waals surface area (Å²) in [6.45, 7) is 2.49. The van der Waals surface area contributed by atoms with Gasteiger partial charge in [0, 0.05) is 18.4 Å². The molecule has 2 rings (SSSR count). The van der Waals surface area contributed by atoms with E-state index >= 15 is 0 Å². The van der Waals surface area contributed by atoms with Gasteiger partial charge in [-0.05, 0) is 29.0 Å². The number of aromatic nitrogens is 5. The number of rotatable bonds is 4. The van der Waals surface area contributed by atoms with Crippen molar-refractivity contribution in [3.05, 3.63) is 35.9 Å². The van der Waals surface area contributed by atoms with Crippen molar-refractivity contribution in [1.29, 1.82) is 0 Å². The van der Waals surface area contributed by atoms with E-state index in [1.807, 2.05) is 19.1 Å². The summed E-state index contributed by atoms with van der Waals surface area (Å²) < 4.78 is 1.36. The van der Waals surface area contributed by atoms with Crippen LogP contribution < -0.4 is 5.32 Å². The molecule has 0 aliphatic heterocycles. The molecule has 7 nitrogen and oxygen atoms in total. The monoisotopic (exact) mass is 232 g/mol. The van der Waals surface area contributed by atoms with Crippen molar-refractivity contribution in [2.75, 3.05) is 0 Å². The van der Waals surface area contributed by atoms with Gasteiger partial charge in [0.05, 0.1) is 0 Å². The fraction of sp³-hybridized carbons (Fsp3) is 0.300. The molecule has 2 aromatic heterocycles. The van der Waals surface area contributed by atoms with E-state index in [-0.39, 0.29) is 12.5 Å². The van der Waals surface area contributed by atoms with Crippen molar-refractivity contribution >= 4 is 5.91 Å². The molecule has 0 aromatic carbocycles. The summed E-state index contributed by atoms with van der Waals surface area (Å²) in [5.74, 6) is -0.141. The van der Waals surface area contributed by atoms with Crippen LogP contribution in [0.4, 0.5) is 0 Å². The summed E-state index contributed by atoms with van der Waals surface area (Å²) in [7, 11) is 0. The average molecular weight is 232 g/mol. The lowest BCUT2D eigenvalue weighted by molar-refractivity contribution is -0.122. The van der Waals surface area contributed by atoms with Gasteiger partial charge in [-0.1, -0.05) is 6.07 Å². The molecule has 0 fully saturated rings. The highest BCUT2D eigenvalue weighted by Gasteiger charge is 2.03. The Hall–Kier alpha value is -2.31. The minimum atomic E-state index is -0.141. The van der Waals surface area contributed by atoms with E-state index in [0.717, 1.165) is 11.3 Å². The highest BCUT2D eigenvalue weighted by Crippen LogP contribution is 1.98. The van der Waals surface area contributed by atoms with Crippen LogP contribution in [0.2, 0.25) is 0 Å². The van der Waals surface area contributed by atoms with Crippen LogP contribution in [0.3, 0.4) is 0 Å². The molecular weight excluding hydrogens is 220 g/mol. The molecule has 0 saturated carbocycles. The molecule has 0 radical (unpaired) electrons. The first-order chi connectivity index (χ1) is 8.24. The Morgan fingerprint density at radius 1 is 1.47 bits per heavy atom. The van der Waals surface area contributed by atoms with E-state index in [4.69, 9.17) is 0 Å². The van der Waals surface area contributed by atoms with Gasteiger partial charge in [-0.25, -0.2) is 4.68 Å². The molecule has 0 aliphatic carbocycles. The molecule has 1 amide bonds. The van der Waals surface area contributed by atoms with E-state index in [1.54, 1.807) is 6.20 Å². The van der Waals surface area contributed by atoms with Gasteiger partial charge in [0.2, 0.25) is 5.91 Å². The number of amides is 1. The zero-order valence-corrected chi connectivity index (χ0v) is 9.37. The lowest BCUT2D eigenvalue weighted by atomic mass is 10.2. The lowest BCUT2D eigenvalue weighted by Crippen LogP contribution is -2.27. The van der Waals surface area contributed by atoms with Crippen LogP contribution in [0.1, 0.15) is 11.3 Å². The second-order valence-corrected chi connectivity index (χ2v) is 3.59. The second kappa shape index (κ2) is 5.15. The summed E-state index contributed by atoms with van der Waals surface area (Å²) >= 11 is 0. The summed E-state index contributed by atoms with van der Waals surface area (Å²) in [4.78, 5) is 15.6. The third-order valence-corrected chi connectivity index (χ3v) is 2.16. The van der Waals surface area contributed by atoms with E-state index in [0.29, 0.717) is 6.54 Å². The number of pyridine rings is 1. The highest BCUT2D eigenvalue weighted by atomic mass is 16.2. The number of carbonyl (C=O) groups is 1. The van der Waals surface area contributed by atoms with Crippen molar-refractivity contribution in [1.82, 2.24) is 30.5 Å². The SMILES string of the molecule is Cc1ccc(CNC(=O)Cn2cnnn2)cn1. The third-order valence-electron chi connectivity index (χ3n) is 2.16. The number of carbonyl (C=O) groups excluding carboxylic acids is 1. The number of hydrogen-bond donors (Lipinski definition) is 1. The van der Waals surface area contributed by atoms with Gasteiger partial charge in [-0.15, -0.1) is 5.10 Å². The van der Waals surface area contributed by atoms with Crippen molar-refractivity contribution in [2.24, 2.45) is 0 Å². The third kappa shape index (κ3) is 3.33. The largest absolute Gasteiger partial charge is 0.350 e. The fourth-order valence-corrected chi connectivity index (χ4v) is 1.26. The van der Waals surface area contributed by atoms with E-state index < -0.39 is 0 Å². The average Bonchev–Trinajstić information content (AvgIpc) is 2.81. The lowest BCUT2D eigenvalue weighted by Gasteiger charge is -2.04. The number of nitrogens with one attached hydrogen (secondary N) is 1. The normalized spacial score (nSPS) is 10.2. The Morgan fingerprint density at radius 2 is 2.35 bits per heavy atom. The van der Waals surface area contributed by atoms with Crippen LogP contribution in [0.15, 0.2) is 24.7 Å². The summed E-state index contributed by atoms with van der Waals surface area (Å²) in [6.07, 6.45) is 3.14. The number of nitrogens with zero attached hydrogens (tertiary/aromatic N) is 5.